The molecular formula is C14H19BF2O2. The van der Waals surface area contributed by atoms with E-state index in [1.54, 1.807) is 5.98 Å². The topological polar surface area (TPSA) is 18.5 Å². The van der Waals surface area contributed by atoms with Crippen LogP contribution in [0.4, 0.5) is 8.78 Å². The van der Waals surface area contributed by atoms with Gasteiger partial charge in [0.1, 0.15) is 11.6 Å². The molecule has 0 unspecified atom stereocenters. The van der Waals surface area contributed by atoms with Crippen LogP contribution in [0.25, 0.3) is 0 Å². The van der Waals surface area contributed by atoms with Crippen molar-refractivity contribution in [3.05, 3.63) is 48.5 Å². The minimum absolute atomic E-state index is 0.230. The largest absolute Gasteiger partial charge is 0.486 e. The fraction of sp³-hybridized carbons (Fsp3) is 0.429. The highest BCUT2D eigenvalue weighted by Gasteiger charge is 2.49. The highest BCUT2D eigenvalue weighted by molar-refractivity contribution is 6.51. The fourth-order valence-electron chi connectivity index (χ4n) is 1.44. The van der Waals surface area contributed by atoms with E-state index in [0.29, 0.717) is 0 Å². The Kier molecular flexibility index (Phi) is 4.88. The molecule has 5 heteroatoms. The summed E-state index contributed by atoms with van der Waals surface area (Å²) in [5.74, 6) is 0.603. The van der Waals surface area contributed by atoms with Crippen molar-refractivity contribution in [2.75, 3.05) is 0 Å². The van der Waals surface area contributed by atoms with Gasteiger partial charge in [0.05, 0.1) is 11.2 Å². The average Bonchev–Trinajstić information content (AvgIpc) is 2.48. The zero-order chi connectivity index (χ0) is 14.7. The summed E-state index contributed by atoms with van der Waals surface area (Å²) in [6.45, 7) is 11.7. The van der Waals surface area contributed by atoms with Gasteiger partial charge in [-0.15, -0.1) is 6.58 Å². The van der Waals surface area contributed by atoms with Crippen LogP contribution in [0.2, 0.25) is 0 Å². The quantitative estimate of drug-likeness (QED) is 0.722. The van der Waals surface area contributed by atoms with Crippen LogP contribution in [-0.4, -0.2) is 18.3 Å². The van der Waals surface area contributed by atoms with Gasteiger partial charge in [-0.1, -0.05) is 12.0 Å². The molecule has 0 aromatic heterocycles. The molecule has 0 N–H and O–H groups in total. The third-order valence-corrected chi connectivity index (χ3v) is 3.25. The van der Waals surface area contributed by atoms with Gasteiger partial charge in [0.2, 0.25) is 0 Å². The molecule has 1 saturated heterocycles. The Morgan fingerprint density at radius 1 is 1.05 bits per heavy atom. The molecule has 0 amide bonds. The van der Waals surface area contributed by atoms with Crippen molar-refractivity contribution >= 4 is 7.12 Å². The summed E-state index contributed by atoms with van der Waals surface area (Å²) >= 11 is 0. The molecule has 0 spiro atoms. The van der Waals surface area contributed by atoms with E-state index in [0.717, 1.165) is 6.07 Å². The van der Waals surface area contributed by atoms with E-state index >= 15 is 0 Å². The first kappa shape index (κ1) is 15.9. The molecular weight excluding hydrogens is 249 g/mol. The summed E-state index contributed by atoms with van der Waals surface area (Å²) < 4.78 is 35.0. The monoisotopic (exact) mass is 268 g/mol. The Hall–Kier alpha value is -1.20. The van der Waals surface area contributed by atoms with Crippen LogP contribution in [0.5, 0.6) is 0 Å². The van der Waals surface area contributed by atoms with Crippen molar-refractivity contribution in [1.29, 1.82) is 0 Å². The van der Waals surface area contributed by atoms with Crippen LogP contribution in [0.1, 0.15) is 27.7 Å². The van der Waals surface area contributed by atoms with E-state index in [9.17, 15) is 8.78 Å². The smallest absolute Gasteiger partial charge is 0.400 e. The Morgan fingerprint density at radius 2 is 1.47 bits per heavy atom. The van der Waals surface area contributed by atoms with Crippen LogP contribution in [0.15, 0.2) is 36.8 Å². The maximum Gasteiger partial charge on any atom is 0.486 e. The minimum atomic E-state index is -0.537. The number of halogens is 2. The van der Waals surface area contributed by atoms with Crippen LogP contribution >= 0.6 is 0 Å². The highest BCUT2D eigenvalue weighted by Crippen LogP contribution is 2.36. The van der Waals surface area contributed by atoms with E-state index in [-0.39, 0.29) is 18.3 Å². The summed E-state index contributed by atoms with van der Waals surface area (Å²) in [5, 5.41) is 0. The Morgan fingerprint density at radius 3 is 1.68 bits per heavy atom. The second-order valence-corrected chi connectivity index (χ2v) is 5.30. The molecule has 0 atom stereocenters. The van der Waals surface area contributed by atoms with Gasteiger partial charge in [-0.05, 0) is 39.8 Å². The van der Waals surface area contributed by atoms with Gasteiger partial charge >= 0.3 is 7.12 Å². The second-order valence-electron chi connectivity index (χ2n) is 5.30. The van der Waals surface area contributed by atoms with Gasteiger partial charge in [0.25, 0.3) is 0 Å². The van der Waals surface area contributed by atoms with Gasteiger partial charge in [0.15, 0.2) is 0 Å². The first-order chi connectivity index (χ1) is 8.68. The zero-order valence-corrected chi connectivity index (χ0v) is 11.7. The predicted molar refractivity (Wildman–Crippen MR) is 72.6 cm³/mol. The van der Waals surface area contributed by atoms with Crippen LogP contribution < -0.4 is 0 Å². The molecule has 1 aliphatic heterocycles. The van der Waals surface area contributed by atoms with Crippen molar-refractivity contribution in [2.45, 2.75) is 38.9 Å². The normalized spacial score (nSPS) is 19.6. The SMILES string of the molecule is C=CB1OC(C)(C)C(C)(C)O1.Fc1cccc(F)c1. The third kappa shape index (κ3) is 4.15. The first-order valence-electron chi connectivity index (χ1n) is 6.07. The lowest BCUT2D eigenvalue weighted by Gasteiger charge is -2.32. The average molecular weight is 268 g/mol. The molecule has 0 bridgehead atoms. The van der Waals surface area contributed by atoms with E-state index in [1.165, 1.54) is 18.2 Å². The Labute approximate surface area is 113 Å². The van der Waals surface area contributed by atoms with E-state index in [1.807, 2.05) is 27.7 Å². The van der Waals surface area contributed by atoms with Gasteiger partial charge in [-0.25, -0.2) is 8.78 Å². The van der Waals surface area contributed by atoms with Gasteiger partial charge in [0, 0.05) is 6.07 Å². The standard InChI is InChI=1S/C8H15BO2.C6H4F2/c1-6-9-10-7(2,3)8(4,5)11-9;7-5-2-1-3-6(8)4-5/h6H,1H2,2-5H3;1-4H. The lowest BCUT2D eigenvalue weighted by molar-refractivity contribution is 0.00578. The van der Waals surface area contributed by atoms with Crippen molar-refractivity contribution in [1.82, 2.24) is 0 Å². The van der Waals surface area contributed by atoms with E-state index < -0.39 is 11.6 Å². The zero-order valence-electron chi connectivity index (χ0n) is 11.7. The molecule has 1 aromatic rings. The summed E-state index contributed by atoms with van der Waals surface area (Å²) in [6, 6.07) is 4.55. The molecule has 0 aliphatic carbocycles. The molecule has 1 aliphatic rings. The van der Waals surface area contributed by atoms with E-state index in [4.69, 9.17) is 9.31 Å². The van der Waals surface area contributed by atoms with Crippen molar-refractivity contribution in [2.24, 2.45) is 0 Å². The number of benzene rings is 1. The lowest BCUT2D eigenvalue weighted by Crippen LogP contribution is -2.41. The predicted octanol–water partition coefficient (Wildman–Crippen LogP) is 3.77. The van der Waals surface area contributed by atoms with Gasteiger partial charge in [-0.2, -0.15) is 0 Å². The summed E-state index contributed by atoms with van der Waals surface area (Å²) in [4.78, 5) is 0. The molecule has 1 fully saturated rings. The van der Waals surface area contributed by atoms with Gasteiger partial charge in [-0.3, -0.25) is 0 Å². The molecule has 0 radical (unpaired) electrons. The van der Waals surface area contributed by atoms with Crippen LogP contribution in [0.3, 0.4) is 0 Å². The second kappa shape index (κ2) is 5.84. The molecule has 2 rings (SSSR count). The molecule has 2 nitrogen and oxygen atoms in total. The molecule has 0 saturated carbocycles. The lowest BCUT2D eigenvalue weighted by atomic mass is 9.90. The molecule has 1 aromatic carbocycles. The third-order valence-electron chi connectivity index (χ3n) is 3.25. The van der Waals surface area contributed by atoms with E-state index in [2.05, 4.69) is 6.58 Å². The number of rotatable bonds is 1. The fourth-order valence-corrected chi connectivity index (χ4v) is 1.44. The van der Waals surface area contributed by atoms with Crippen LogP contribution in [0, 0.1) is 11.6 Å². The van der Waals surface area contributed by atoms with Crippen LogP contribution in [-0.2, 0) is 9.31 Å². The van der Waals surface area contributed by atoms with Crippen molar-refractivity contribution in [3.8, 4) is 0 Å². The van der Waals surface area contributed by atoms with Gasteiger partial charge < -0.3 is 9.31 Å². The Balaban J connectivity index is 0.000000200. The molecule has 19 heavy (non-hydrogen) atoms. The maximum atomic E-state index is 11.9. The molecule has 1 heterocycles. The first-order valence-corrected chi connectivity index (χ1v) is 6.07. The van der Waals surface area contributed by atoms with Crippen molar-refractivity contribution in [3.63, 3.8) is 0 Å². The highest BCUT2D eigenvalue weighted by atomic mass is 19.1. The summed E-state index contributed by atoms with van der Waals surface area (Å²) in [5.41, 5.74) is -0.461. The molecule has 104 valence electrons. The number of hydrogen-bond acceptors (Lipinski definition) is 2. The maximum absolute atomic E-state index is 11.9. The summed E-state index contributed by atoms with van der Waals surface area (Å²) in [6.07, 6.45) is 0. The van der Waals surface area contributed by atoms with Crippen molar-refractivity contribution < 1.29 is 18.1 Å². The summed E-state index contributed by atoms with van der Waals surface area (Å²) in [7, 11) is -0.250. The Bertz CT molecular complexity index is 414. The number of hydrogen-bond donors (Lipinski definition) is 0. The minimum Gasteiger partial charge on any atom is -0.400 e.